The molecule has 3 nitrogen and oxygen atoms in total. The fraction of sp³-hybridized carbons (Fsp3) is 0.462. The van der Waals surface area contributed by atoms with E-state index >= 15 is 0 Å². The fourth-order valence-corrected chi connectivity index (χ4v) is 2.45. The molecule has 1 saturated heterocycles. The van der Waals surface area contributed by atoms with Crippen molar-refractivity contribution < 1.29 is 4.79 Å². The summed E-state index contributed by atoms with van der Waals surface area (Å²) < 4.78 is 1.15. The van der Waals surface area contributed by atoms with Gasteiger partial charge < -0.3 is 10.6 Å². The summed E-state index contributed by atoms with van der Waals surface area (Å²) in [6, 6.07) is 8.26. The second-order valence-corrected chi connectivity index (χ2v) is 5.72. The van der Waals surface area contributed by atoms with Crippen LogP contribution in [0.1, 0.15) is 30.1 Å². The molecule has 92 valence electrons. The van der Waals surface area contributed by atoms with Crippen molar-refractivity contribution in [2.75, 3.05) is 6.54 Å². The van der Waals surface area contributed by atoms with Crippen LogP contribution in [-0.2, 0) is 0 Å². The first-order valence-corrected chi connectivity index (χ1v) is 7.04. The van der Waals surface area contributed by atoms with Crippen LogP contribution in [0.3, 0.4) is 0 Å². The van der Waals surface area contributed by atoms with E-state index in [0.717, 1.165) is 28.5 Å². The van der Waals surface area contributed by atoms with Gasteiger partial charge in [0.1, 0.15) is 0 Å². The Labute approximate surface area is 116 Å². The van der Waals surface area contributed by atoms with Crippen molar-refractivity contribution >= 4 is 28.5 Å². The van der Waals surface area contributed by atoms with Gasteiger partial charge in [0, 0.05) is 21.2 Å². The van der Waals surface area contributed by atoms with Crippen molar-refractivity contribution in [3.05, 3.63) is 33.4 Å². The Morgan fingerprint density at radius 2 is 2.12 bits per heavy atom. The third kappa shape index (κ3) is 3.42. The molecule has 0 aromatic heterocycles. The van der Waals surface area contributed by atoms with Crippen LogP contribution in [-0.4, -0.2) is 24.5 Å². The molecule has 2 unspecified atom stereocenters. The molecule has 1 aromatic rings. The maximum absolute atomic E-state index is 12.0. The van der Waals surface area contributed by atoms with E-state index in [1.54, 1.807) is 0 Å². The minimum absolute atomic E-state index is 0.0296. The Hall–Kier alpha value is -0.620. The summed E-state index contributed by atoms with van der Waals surface area (Å²) in [4.78, 5) is 12.0. The summed E-state index contributed by atoms with van der Waals surface area (Å²) in [5.74, 6) is 0.0296. The summed E-state index contributed by atoms with van der Waals surface area (Å²) in [7, 11) is 0. The molecule has 2 N–H and O–H groups in total. The average molecular weight is 344 g/mol. The SMILES string of the molecule is CC1NCCCC1NC(=O)c1ccc(I)cc1. The molecular weight excluding hydrogens is 327 g/mol. The van der Waals surface area contributed by atoms with Gasteiger partial charge in [0.05, 0.1) is 0 Å². The summed E-state index contributed by atoms with van der Waals surface area (Å²) in [6.07, 6.45) is 2.19. The van der Waals surface area contributed by atoms with Crippen LogP contribution < -0.4 is 10.6 Å². The lowest BCUT2D eigenvalue weighted by Gasteiger charge is -2.30. The van der Waals surface area contributed by atoms with Crippen molar-refractivity contribution in [1.82, 2.24) is 10.6 Å². The van der Waals surface area contributed by atoms with Crippen molar-refractivity contribution in [1.29, 1.82) is 0 Å². The van der Waals surface area contributed by atoms with E-state index in [1.807, 2.05) is 24.3 Å². The van der Waals surface area contributed by atoms with Gasteiger partial charge in [0.25, 0.3) is 5.91 Å². The van der Waals surface area contributed by atoms with E-state index in [4.69, 9.17) is 0 Å². The summed E-state index contributed by atoms with van der Waals surface area (Å²) >= 11 is 2.24. The van der Waals surface area contributed by atoms with Gasteiger partial charge in [-0.1, -0.05) is 0 Å². The molecule has 0 aliphatic carbocycles. The van der Waals surface area contributed by atoms with E-state index < -0.39 is 0 Å². The van der Waals surface area contributed by atoms with Crippen molar-refractivity contribution in [2.24, 2.45) is 0 Å². The van der Waals surface area contributed by atoms with Gasteiger partial charge >= 0.3 is 0 Å². The molecule has 17 heavy (non-hydrogen) atoms. The number of hydrogen-bond acceptors (Lipinski definition) is 2. The molecule has 2 atom stereocenters. The second kappa shape index (κ2) is 5.82. The van der Waals surface area contributed by atoms with Gasteiger partial charge in [-0.25, -0.2) is 0 Å². The van der Waals surface area contributed by atoms with Crippen molar-refractivity contribution in [3.8, 4) is 0 Å². The summed E-state index contributed by atoms with van der Waals surface area (Å²) in [5.41, 5.74) is 0.739. The van der Waals surface area contributed by atoms with Gasteiger partial charge in [-0.2, -0.15) is 0 Å². The normalized spacial score (nSPS) is 24.4. The Morgan fingerprint density at radius 3 is 2.76 bits per heavy atom. The molecule has 4 heteroatoms. The number of amides is 1. The number of rotatable bonds is 2. The zero-order chi connectivity index (χ0) is 12.3. The van der Waals surface area contributed by atoms with Crippen molar-refractivity contribution in [2.45, 2.75) is 31.8 Å². The van der Waals surface area contributed by atoms with Crippen LogP contribution in [0.15, 0.2) is 24.3 Å². The van der Waals surface area contributed by atoms with Crippen molar-refractivity contribution in [3.63, 3.8) is 0 Å². The van der Waals surface area contributed by atoms with Crippen LogP contribution in [0.5, 0.6) is 0 Å². The molecule has 1 aliphatic heterocycles. The second-order valence-electron chi connectivity index (χ2n) is 4.47. The van der Waals surface area contributed by atoms with E-state index in [9.17, 15) is 4.79 Å². The predicted molar refractivity (Wildman–Crippen MR) is 77.1 cm³/mol. The number of carbonyl (C=O) groups is 1. The summed E-state index contributed by atoms with van der Waals surface area (Å²) in [6.45, 7) is 3.18. The zero-order valence-electron chi connectivity index (χ0n) is 9.87. The predicted octanol–water partition coefficient (Wildman–Crippen LogP) is 2.16. The van der Waals surface area contributed by atoms with E-state index in [2.05, 4.69) is 40.1 Å². The number of nitrogens with one attached hydrogen (secondary N) is 2. The standard InChI is InChI=1S/C13H17IN2O/c1-9-12(3-2-8-15-9)16-13(17)10-4-6-11(14)7-5-10/h4-7,9,12,15H,2-3,8H2,1H3,(H,16,17). The lowest BCUT2D eigenvalue weighted by atomic mass is 9.99. The quantitative estimate of drug-likeness (QED) is 0.808. The molecule has 1 fully saturated rings. The monoisotopic (exact) mass is 344 g/mol. The molecule has 1 heterocycles. The average Bonchev–Trinajstić information content (AvgIpc) is 2.33. The smallest absolute Gasteiger partial charge is 0.251 e. The highest BCUT2D eigenvalue weighted by molar-refractivity contribution is 14.1. The molecule has 1 aromatic carbocycles. The number of carbonyl (C=O) groups excluding carboxylic acids is 1. The van der Waals surface area contributed by atoms with Gasteiger partial charge in [0.15, 0.2) is 0 Å². The number of hydrogen-bond donors (Lipinski definition) is 2. The lowest BCUT2D eigenvalue weighted by molar-refractivity contribution is 0.0920. The van der Waals surface area contributed by atoms with Gasteiger partial charge in [-0.05, 0) is 73.2 Å². The van der Waals surface area contributed by atoms with E-state index in [0.29, 0.717) is 6.04 Å². The van der Waals surface area contributed by atoms with Gasteiger partial charge in [-0.3, -0.25) is 4.79 Å². The molecule has 0 bridgehead atoms. The Balaban J connectivity index is 1.98. The zero-order valence-corrected chi connectivity index (χ0v) is 12.0. The van der Waals surface area contributed by atoms with Crippen LogP contribution in [0.4, 0.5) is 0 Å². The topological polar surface area (TPSA) is 41.1 Å². The first kappa shape index (κ1) is 12.8. The molecule has 2 rings (SSSR count). The Kier molecular flexibility index (Phi) is 4.39. The first-order valence-electron chi connectivity index (χ1n) is 5.96. The minimum atomic E-state index is 0.0296. The van der Waals surface area contributed by atoms with E-state index in [-0.39, 0.29) is 11.9 Å². The van der Waals surface area contributed by atoms with Gasteiger partial charge in [-0.15, -0.1) is 0 Å². The van der Waals surface area contributed by atoms with Gasteiger partial charge in [0.2, 0.25) is 0 Å². The minimum Gasteiger partial charge on any atom is -0.348 e. The van der Waals surface area contributed by atoms with Crippen LogP contribution in [0.25, 0.3) is 0 Å². The number of benzene rings is 1. The Morgan fingerprint density at radius 1 is 1.41 bits per heavy atom. The molecular formula is C13H17IN2O. The highest BCUT2D eigenvalue weighted by Crippen LogP contribution is 2.11. The first-order chi connectivity index (χ1) is 8.16. The molecule has 1 aliphatic rings. The van der Waals surface area contributed by atoms with E-state index in [1.165, 1.54) is 0 Å². The third-order valence-corrected chi connectivity index (χ3v) is 3.90. The maximum atomic E-state index is 12.0. The molecule has 0 radical (unpaired) electrons. The highest BCUT2D eigenvalue weighted by atomic mass is 127. The highest BCUT2D eigenvalue weighted by Gasteiger charge is 2.22. The molecule has 1 amide bonds. The molecule has 0 saturated carbocycles. The maximum Gasteiger partial charge on any atom is 0.251 e. The fourth-order valence-electron chi connectivity index (χ4n) is 2.09. The number of halogens is 1. The lowest BCUT2D eigenvalue weighted by Crippen LogP contribution is -2.51. The Bertz CT molecular complexity index is 391. The molecule has 0 spiro atoms. The van der Waals surface area contributed by atoms with Crippen LogP contribution >= 0.6 is 22.6 Å². The largest absolute Gasteiger partial charge is 0.348 e. The summed E-state index contributed by atoms with van der Waals surface area (Å²) in [5, 5.41) is 6.48. The third-order valence-electron chi connectivity index (χ3n) is 3.18. The number of piperidine rings is 1. The van der Waals surface area contributed by atoms with Crippen LogP contribution in [0, 0.1) is 3.57 Å². The van der Waals surface area contributed by atoms with Crippen LogP contribution in [0.2, 0.25) is 0 Å².